The first-order valence-electron chi connectivity index (χ1n) is 5.06. The lowest BCUT2D eigenvalue weighted by molar-refractivity contribution is 0.963. The van der Waals surface area contributed by atoms with Crippen LogP contribution >= 0.6 is 0 Å². The molecule has 0 N–H and O–H groups in total. The third-order valence-corrected chi connectivity index (χ3v) is 2.47. The average molecular weight is 210 g/mol. The van der Waals surface area contributed by atoms with Crippen LogP contribution < -0.4 is 0 Å². The minimum absolute atomic E-state index is 0.830. The summed E-state index contributed by atoms with van der Waals surface area (Å²) in [7, 11) is 0. The Bertz CT molecular complexity index is 629. The van der Waals surface area contributed by atoms with E-state index in [1.54, 1.807) is 12.5 Å². The summed E-state index contributed by atoms with van der Waals surface area (Å²) in [5.41, 5.74) is 2.72. The van der Waals surface area contributed by atoms with Gasteiger partial charge in [-0.05, 0) is 19.1 Å². The molecular weight excluding hydrogens is 200 g/mol. The summed E-state index contributed by atoms with van der Waals surface area (Å²) in [4.78, 5) is 13.1. The first-order chi connectivity index (χ1) is 7.84. The van der Waals surface area contributed by atoms with Gasteiger partial charge in [-0.2, -0.15) is 0 Å². The maximum atomic E-state index is 4.58. The van der Waals surface area contributed by atoms with Gasteiger partial charge in [-0.25, -0.2) is 15.0 Å². The summed E-state index contributed by atoms with van der Waals surface area (Å²) >= 11 is 0. The van der Waals surface area contributed by atoms with Crippen LogP contribution in [0.2, 0.25) is 0 Å². The Labute approximate surface area is 92.6 Å². The number of para-hydroxylation sites is 2. The van der Waals surface area contributed by atoms with Crippen molar-refractivity contribution in [3.05, 3.63) is 48.7 Å². The second kappa shape index (κ2) is 3.41. The summed E-state index contributed by atoms with van der Waals surface area (Å²) in [6.07, 6.45) is 5.33. The van der Waals surface area contributed by atoms with Gasteiger partial charge in [-0.1, -0.05) is 12.1 Å². The van der Waals surface area contributed by atoms with Crippen molar-refractivity contribution in [1.29, 1.82) is 0 Å². The van der Waals surface area contributed by atoms with Gasteiger partial charge in [0.05, 0.1) is 16.7 Å². The number of imidazole rings is 1. The molecule has 0 radical (unpaired) electrons. The molecule has 0 aliphatic carbocycles. The SMILES string of the molecule is Cc1nc2ccccc2nc1-n1ccnc1. The molecule has 4 heteroatoms. The lowest BCUT2D eigenvalue weighted by Gasteiger charge is -2.06. The number of aryl methyl sites for hydroxylation is 1. The van der Waals surface area contributed by atoms with Gasteiger partial charge in [-0.3, -0.25) is 4.57 Å². The third-order valence-electron chi connectivity index (χ3n) is 2.47. The highest BCUT2D eigenvalue weighted by molar-refractivity contribution is 5.75. The number of fused-ring (bicyclic) bond motifs is 1. The maximum Gasteiger partial charge on any atom is 0.160 e. The van der Waals surface area contributed by atoms with Gasteiger partial charge in [0.15, 0.2) is 5.82 Å². The molecule has 0 aliphatic heterocycles. The van der Waals surface area contributed by atoms with Gasteiger partial charge in [0, 0.05) is 12.4 Å². The molecule has 3 aromatic rings. The highest BCUT2D eigenvalue weighted by Crippen LogP contribution is 2.14. The van der Waals surface area contributed by atoms with Crippen molar-refractivity contribution >= 4 is 11.0 Å². The molecule has 0 aliphatic rings. The van der Waals surface area contributed by atoms with Gasteiger partial charge in [-0.15, -0.1) is 0 Å². The van der Waals surface area contributed by atoms with Crippen molar-refractivity contribution < 1.29 is 0 Å². The largest absolute Gasteiger partial charge is 0.289 e. The number of aromatic nitrogens is 4. The van der Waals surface area contributed by atoms with Crippen molar-refractivity contribution in [2.45, 2.75) is 6.92 Å². The Morgan fingerprint density at radius 3 is 2.50 bits per heavy atom. The molecule has 16 heavy (non-hydrogen) atoms. The van der Waals surface area contributed by atoms with E-state index in [-0.39, 0.29) is 0 Å². The Morgan fingerprint density at radius 2 is 1.81 bits per heavy atom. The topological polar surface area (TPSA) is 43.6 Å². The normalized spacial score (nSPS) is 10.8. The summed E-state index contributed by atoms with van der Waals surface area (Å²) < 4.78 is 1.87. The Morgan fingerprint density at radius 1 is 1.06 bits per heavy atom. The zero-order valence-electron chi connectivity index (χ0n) is 8.83. The van der Waals surface area contributed by atoms with Crippen LogP contribution in [0, 0.1) is 6.92 Å². The highest BCUT2D eigenvalue weighted by Gasteiger charge is 2.05. The fraction of sp³-hybridized carbons (Fsp3) is 0.0833. The molecule has 1 aromatic carbocycles. The van der Waals surface area contributed by atoms with Crippen molar-refractivity contribution in [3.8, 4) is 5.82 Å². The zero-order valence-corrected chi connectivity index (χ0v) is 8.83. The van der Waals surface area contributed by atoms with E-state index in [0.717, 1.165) is 22.5 Å². The first-order valence-corrected chi connectivity index (χ1v) is 5.06. The van der Waals surface area contributed by atoms with Crippen LogP contribution in [-0.4, -0.2) is 19.5 Å². The van der Waals surface area contributed by atoms with Gasteiger partial charge in [0.25, 0.3) is 0 Å². The van der Waals surface area contributed by atoms with Gasteiger partial charge in [0.1, 0.15) is 6.33 Å². The van der Waals surface area contributed by atoms with E-state index < -0.39 is 0 Å². The number of hydrogen-bond donors (Lipinski definition) is 0. The van der Waals surface area contributed by atoms with Crippen molar-refractivity contribution in [2.24, 2.45) is 0 Å². The molecule has 0 unspecified atom stereocenters. The smallest absolute Gasteiger partial charge is 0.160 e. The second-order valence-corrected chi connectivity index (χ2v) is 3.59. The van der Waals surface area contributed by atoms with Gasteiger partial charge >= 0.3 is 0 Å². The fourth-order valence-corrected chi connectivity index (χ4v) is 1.71. The van der Waals surface area contributed by atoms with E-state index in [1.807, 2.05) is 42.0 Å². The Balaban J connectivity index is 2.30. The summed E-state index contributed by atoms with van der Waals surface area (Å²) in [6.45, 7) is 1.95. The van der Waals surface area contributed by atoms with Crippen LogP contribution in [0.15, 0.2) is 43.0 Å². The highest BCUT2D eigenvalue weighted by atomic mass is 15.1. The van der Waals surface area contributed by atoms with Crippen LogP contribution in [-0.2, 0) is 0 Å². The van der Waals surface area contributed by atoms with Crippen molar-refractivity contribution in [2.75, 3.05) is 0 Å². The van der Waals surface area contributed by atoms with E-state index >= 15 is 0 Å². The van der Waals surface area contributed by atoms with E-state index in [2.05, 4.69) is 15.0 Å². The number of hydrogen-bond acceptors (Lipinski definition) is 3. The number of rotatable bonds is 1. The molecule has 0 atom stereocenters. The molecule has 0 saturated heterocycles. The average Bonchev–Trinajstić information content (AvgIpc) is 2.81. The van der Waals surface area contributed by atoms with Gasteiger partial charge < -0.3 is 0 Å². The molecule has 0 saturated carbocycles. The molecule has 3 rings (SSSR count). The number of nitrogens with zero attached hydrogens (tertiary/aromatic N) is 4. The molecule has 0 amide bonds. The molecule has 0 spiro atoms. The van der Waals surface area contributed by atoms with Crippen LogP contribution in [0.5, 0.6) is 0 Å². The molecule has 78 valence electrons. The quantitative estimate of drug-likeness (QED) is 0.618. The zero-order chi connectivity index (χ0) is 11.0. The fourth-order valence-electron chi connectivity index (χ4n) is 1.71. The summed E-state index contributed by atoms with van der Waals surface area (Å²) in [5, 5.41) is 0. The molecule has 2 aromatic heterocycles. The van der Waals surface area contributed by atoms with Crippen molar-refractivity contribution in [1.82, 2.24) is 19.5 Å². The first kappa shape index (κ1) is 9.03. The second-order valence-electron chi connectivity index (χ2n) is 3.59. The predicted octanol–water partition coefficient (Wildman–Crippen LogP) is 2.12. The molecule has 0 bridgehead atoms. The minimum atomic E-state index is 0.830. The van der Waals surface area contributed by atoms with Crippen LogP contribution in [0.3, 0.4) is 0 Å². The van der Waals surface area contributed by atoms with E-state index in [4.69, 9.17) is 0 Å². The summed E-state index contributed by atoms with van der Waals surface area (Å²) in [5.74, 6) is 0.830. The Kier molecular flexibility index (Phi) is 1.93. The molecule has 2 heterocycles. The maximum absolute atomic E-state index is 4.58. The van der Waals surface area contributed by atoms with E-state index in [1.165, 1.54) is 0 Å². The molecule has 0 fully saturated rings. The van der Waals surface area contributed by atoms with Crippen molar-refractivity contribution in [3.63, 3.8) is 0 Å². The van der Waals surface area contributed by atoms with Crippen LogP contribution in [0.25, 0.3) is 16.9 Å². The summed E-state index contributed by atoms with van der Waals surface area (Å²) in [6, 6.07) is 7.85. The molecular formula is C12H10N4. The lowest BCUT2D eigenvalue weighted by atomic mass is 10.3. The van der Waals surface area contributed by atoms with Gasteiger partial charge in [0.2, 0.25) is 0 Å². The van der Waals surface area contributed by atoms with E-state index in [9.17, 15) is 0 Å². The Hall–Kier alpha value is -2.23. The molecule has 4 nitrogen and oxygen atoms in total. The monoisotopic (exact) mass is 210 g/mol. The standard InChI is InChI=1S/C12H10N4/c1-9-12(16-7-6-13-8-16)15-11-5-3-2-4-10(11)14-9/h2-8H,1H3. The third kappa shape index (κ3) is 1.35. The number of benzene rings is 1. The van der Waals surface area contributed by atoms with Crippen LogP contribution in [0.1, 0.15) is 5.69 Å². The predicted molar refractivity (Wildman–Crippen MR) is 61.4 cm³/mol. The van der Waals surface area contributed by atoms with E-state index in [0.29, 0.717) is 0 Å². The minimum Gasteiger partial charge on any atom is -0.289 e. The van der Waals surface area contributed by atoms with Crippen LogP contribution in [0.4, 0.5) is 0 Å². The lowest BCUT2D eigenvalue weighted by Crippen LogP contribution is -2.00.